The number of halogens is 1. The second-order valence-electron chi connectivity index (χ2n) is 4.45. The predicted molar refractivity (Wildman–Crippen MR) is 64.4 cm³/mol. The topological polar surface area (TPSA) is 51.8 Å². The first-order chi connectivity index (χ1) is 7.58. The van der Waals surface area contributed by atoms with Crippen LogP contribution in [-0.2, 0) is 5.54 Å². The van der Waals surface area contributed by atoms with E-state index in [9.17, 15) is 0 Å². The van der Waals surface area contributed by atoms with Crippen LogP contribution in [0.1, 0.15) is 24.4 Å². The molecule has 0 atom stereocenters. The van der Waals surface area contributed by atoms with Crippen LogP contribution in [0.4, 0.5) is 0 Å². The molecule has 0 radical (unpaired) electrons. The van der Waals surface area contributed by atoms with E-state index in [1.54, 1.807) is 0 Å². The number of aryl methyl sites for hydroxylation is 1. The molecule has 0 bridgehead atoms. The van der Waals surface area contributed by atoms with Crippen molar-refractivity contribution >= 4 is 22.5 Å². The zero-order valence-electron chi connectivity index (χ0n) is 9.00. The molecule has 0 unspecified atom stereocenters. The molecule has 4 heteroatoms. The highest BCUT2D eigenvalue weighted by molar-refractivity contribution is 6.31. The van der Waals surface area contributed by atoms with Gasteiger partial charge in [0.2, 0.25) is 0 Å². The highest BCUT2D eigenvalue weighted by Crippen LogP contribution is 2.41. The molecule has 0 saturated heterocycles. The summed E-state index contributed by atoms with van der Waals surface area (Å²) in [6, 6.07) is 5.66. The standard InChI is InChI=1S/C12H12ClN3/c1-7-9-6-8(13)2-3-10(9)16-11(15-7)12(14)4-5-12/h2-3,6H,4-5,14H2,1H3. The summed E-state index contributed by atoms with van der Waals surface area (Å²) < 4.78 is 0. The molecule has 1 aromatic carbocycles. The summed E-state index contributed by atoms with van der Waals surface area (Å²) in [6.07, 6.45) is 1.96. The van der Waals surface area contributed by atoms with E-state index in [2.05, 4.69) is 9.97 Å². The summed E-state index contributed by atoms with van der Waals surface area (Å²) >= 11 is 5.95. The minimum Gasteiger partial charge on any atom is -0.319 e. The lowest BCUT2D eigenvalue weighted by Gasteiger charge is -2.10. The minimum absolute atomic E-state index is 0.279. The van der Waals surface area contributed by atoms with Gasteiger partial charge >= 0.3 is 0 Å². The molecule has 2 aromatic rings. The maximum atomic E-state index is 6.11. The van der Waals surface area contributed by atoms with Crippen molar-refractivity contribution in [2.45, 2.75) is 25.3 Å². The lowest BCUT2D eigenvalue weighted by Crippen LogP contribution is -2.22. The zero-order valence-corrected chi connectivity index (χ0v) is 9.75. The number of nitrogens with two attached hydrogens (primary N) is 1. The summed E-state index contributed by atoms with van der Waals surface area (Å²) in [5.74, 6) is 0.764. The van der Waals surface area contributed by atoms with Crippen molar-refractivity contribution in [1.82, 2.24) is 9.97 Å². The highest BCUT2D eigenvalue weighted by atomic mass is 35.5. The molecule has 0 amide bonds. The summed E-state index contributed by atoms with van der Waals surface area (Å²) in [7, 11) is 0. The molecule has 3 nitrogen and oxygen atoms in total. The fraction of sp³-hybridized carbons (Fsp3) is 0.333. The Hall–Kier alpha value is -1.19. The van der Waals surface area contributed by atoms with Crippen LogP contribution in [0.3, 0.4) is 0 Å². The quantitative estimate of drug-likeness (QED) is 0.824. The fourth-order valence-corrected chi connectivity index (χ4v) is 2.01. The zero-order chi connectivity index (χ0) is 11.3. The molecular formula is C12H12ClN3. The minimum atomic E-state index is -0.279. The monoisotopic (exact) mass is 233 g/mol. The Kier molecular flexibility index (Phi) is 1.97. The summed E-state index contributed by atoms with van der Waals surface area (Å²) in [5, 5.41) is 1.71. The van der Waals surface area contributed by atoms with Crippen molar-refractivity contribution in [3.63, 3.8) is 0 Å². The van der Waals surface area contributed by atoms with Gasteiger partial charge in [0.25, 0.3) is 0 Å². The summed E-state index contributed by atoms with van der Waals surface area (Å²) in [5.41, 5.74) is 7.69. The van der Waals surface area contributed by atoms with E-state index in [0.29, 0.717) is 5.02 Å². The number of nitrogens with zero attached hydrogens (tertiary/aromatic N) is 2. The summed E-state index contributed by atoms with van der Waals surface area (Å²) in [4.78, 5) is 9.00. The first kappa shape index (κ1) is 10.00. The number of fused-ring (bicyclic) bond motifs is 1. The van der Waals surface area contributed by atoms with Gasteiger partial charge in [-0.05, 0) is 38.0 Å². The highest BCUT2D eigenvalue weighted by Gasteiger charge is 2.43. The molecule has 2 N–H and O–H groups in total. The Morgan fingerprint density at radius 3 is 2.75 bits per heavy atom. The van der Waals surface area contributed by atoms with E-state index in [1.807, 2.05) is 25.1 Å². The third-order valence-corrected chi connectivity index (χ3v) is 3.32. The number of hydrogen-bond acceptors (Lipinski definition) is 3. The maximum Gasteiger partial charge on any atom is 0.149 e. The van der Waals surface area contributed by atoms with Gasteiger partial charge in [0.15, 0.2) is 0 Å². The SMILES string of the molecule is Cc1nc(C2(N)CC2)nc2ccc(Cl)cc12. The molecule has 1 heterocycles. The van der Waals surface area contributed by atoms with Crippen molar-refractivity contribution in [3.8, 4) is 0 Å². The van der Waals surface area contributed by atoms with Crippen LogP contribution in [0.2, 0.25) is 5.02 Å². The van der Waals surface area contributed by atoms with E-state index in [0.717, 1.165) is 35.3 Å². The van der Waals surface area contributed by atoms with Gasteiger partial charge < -0.3 is 5.73 Å². The Bertz CT molecular complexity index is 576. The molecule has 0 spiro atoms. The molecule has 1 fully saturated rings. The predicted octanol–water partition coefficient (Wildman–Crippen LogP) is 2.54. The van der Waals surface area contributed by atoms with Crippen molar-refractivity contribution < 1.29 is 0 Å². The van der Waals surface area contributed by atoms with Gasteiger partial charge in [0.1, 0.15) is 5.82 Å². The van der Waals surface area contributed by atoms with Crippen molar-refractivity contribution in [3.05, 3.63) is 34.7 Å². The normalized spacial score (nSPS) is 17.7. The number of rotatable bonds is 1. The Morgan fingerprint density at radius 2 is 2.06 bits per heavy atom. The number of hydrogen-bond donors (Lipinski definition) is 1. The number of aromatic nitrogens is 2. The Morgan fingerprint density at radius 1 is 1.31 bits per heavy atom. The van der Waals surface area contributed by atoms with Gasteiger partial charge in [-0.1, -0.05) is 11.6 Å². The molecule has 16 heavy (non-hydrogen) atoms. The number of benzene rings is 1. The molecule has 1 aromatic heterocycles. The fourth-order valence-electron chi connectivity index (χ4n) is 1.83. The maximum absolute atomic E-state index is 6.11. The molecule has 3 rings (SSSR count). The second kappa shape index (κ2) is 3.15. The van der Waals surface area contributed by atoms with E-state index in [4.69, 9.17) is 17.3 Å². The third kappa shape index (κ3) is 1.47. The van der Waals surface area contributed by atoms with Crippen LogP contribution in [0.15, 0.2) is 18.2 Å². The van der Waals surface area contributed by atoms with Crippen LogP contribution in [-0.4, -0.2) is 9.97 Å². The van der Waals surface area contributed by atoms with E-state index < -0.39 is 0 Å². The lowest BCUT2D eigenvalue weighted by molar-refractivity contribution is 0.674. The van der Waals surface area contributed by atoms with E-state index in [-0.39, 0.29) is 5.54 Å². The van der Waals surface area contributed by atoms with Gasteiger partial charge in [-0.3, -0.25) is 0 Å². The summed E-state index contributed by atoms with van der Waals surface area (Å²) in [6.45, 7) is 1.97. The average molecular weight is 234 g/mol. The third-order valence-electron chi connectivity index (χ3n) is 3.08. The van der Waals surface area contributed by atoms with Crippen molar-refractivity contribution in [2.75, 3.05) is 0 Å². The molecule has 1 aliphatic rings. The smallest absolute Gasteiger partial charge is 0.149 e. The molecular weight excluding hydrogens is 222 g/mol. The van der Waals surface area contributed by atoms with Crippen molar-refractivity contribution in [1.29, 1.82) is 0 Å². The molecule has 0 aliphatic heterocycles. The van der Waals surface area contributed by atoms with Crippen LogP contribution in [0.25, 0.3) is 10.9 Å². The van der Waals surface area contributed by atoms with Crippen LogP contribution < -0.4 is 5.73 Å². The van der Waals surface area contributed by atoms with Gasteiger partial charge in [0, 0.05) is 16.1 Å². The van der Waals surface area contributed by atoms with E-state index in [1.165, 1.54) is 0 Å². The molecule has 1 aliphatic carbocycles. The van der Waals surface area contributed by atoms with Gasteiger partial charge in [-0.25, -0.2) is 9.97 Å². The molecule has 1 saturated carbocycles. The van der Waals surface area contributed by atoms with Gasteiger partial charge in [-0.15, -0.1) is 0 Å². The Labute approximate surface area is 98.6 Å². The van der Waals surface area contributed by atoms with Crippen LogP contribution >= 0.6 is 11.6 Å². The second-order valence-corrected chi connectivity index (χ2v) is 4.89. The first-order valence-corrected chi connectivity index (χ1v) is 5.70. The van der Waals surface area contributed by atoms with Crippen molar-refractivity contribution in [2.24, 2.45) is 5.73 Å². The van der Waals surface area contributed by atoms with Gasteiger partial charge in [-0.2, -0.15) is 0 Å². The Balaban J connectivity index is 2.26. The largest absolute Gasteiger partial charge is 0.319 e. The first-order valence-electron chi connectivity index (χ1n) is 5.32. The molecule has 82 valence electrons. The lowest BCUT2D eigenvalue weighted by atomic mass is 10.1. The average Bonchev–Trinajstić information content (AvgIpc) is 2.99. The van der Waals surface area contributed by atoms with E-state index >= 15 is 0 Å². The van der Waals surface area contributed by atoms with Gasteiger partial charge in [0.05, 0.1) is 11.1 Å². The van der Waals surface area contributed by atoms with Crippen LogP contribution in [0, 0.1) is 6.92 Å². The van der Waals surface area contributed by atoms with Crippen LogP contribution in [0.5, 0.6) is 0 Å².